The number of carbonyl (C=O) groups excluding carboxylic acids is 2. The third kappa shape index (κ3) is 5.58. The highest BCUT2D eigenvalue weighted by Crippen LogP contribution is 2.15. The smallest absolute Gasteiger partial charge is 0.329 e. The summed E-state index contributed by atoms with van der Waals surface area (Å²) in [6, 6.07) is 8.86. The van der Waals surface area contributed by atoms with E-state index in [1.54, 1.807) is 0 Å². The molecule has 4 heteroatoms. The van der Waals surface area contributed by atoms with Crippen LogP contribution in [0.5, 0.6) is 0 Å². The first kappa shape index (κ1) is 17.2. The SMILES string of the molecule is CC(C)[C@H](NC(=O)C(C)(C)C)C(=O)OCc1ccccc1. The van der Waals surface area contributed by atoms with Gasteiger partial charge in [0.25, 0.3) is 0 Å². The normalized spacial score (nSPS) is 12.9. The molecule has 1 aromatic rings. The summed E-state index contributed by atoms with van der Waals surface area (Å²) in [6.07, 6.45) is 0. The lowest BCUT2D eigenvalue weighted by atomic mass is 9.94. The van der Waals surface area contributed by atoms with Crippen LogP contribution >= 0.6 is 0 Å². The minimum absolute atomic E-state index is 0.0282. The maximum atomic E-state index is 12.2. The van der Waals surface area contributed by atoms with Crippen LogP contribution in [0.2, 0.25) is 0 Å². The molecule has 1 atom stereocenters. The molecular formula is C17H25NO3. The first-order valence-electron chi connectivity index (χ1n) is 7.23. The molecule has 0 radical (unpaired) electrons. The van der Waals surface area contributed by atoms with E-state index in [-0.39, 0.29) is 18.4 Å². The molecule has 21 heavy (non-hydrogen) atoms. The molecule has 0 aliphatic heterocycles. The maximum Gasteiger partial charge on any atom is 0.329 e. The Labute approximate surface area is 126 Å². The predicted molar refractivity (Wildman–Crippen MR) is 82.5 cm³/mol. The van der Waals surface area contributed by atoms with Crippen LogP contribution in [0.4, 0.5) is 0 Å². The summed E-state index contributed by atoms with van der Waals surface area (Å²) in [7, 11) is 0. The van der Waals surface area contributed by atoms with Crippen molar-refractivity contribution >= 4 is 11.9 Å². The van der Waals surface area contributed by atoms with Crippen molar-refractivity contribution in [3.05, 3.63) is 35.9 Å². The zero-order chi connectivity index (χ0) is 16.0. The summed E-state index contributed by atoms with van der Waals surface area (Å²) in [5.41, 5.74) is 0.392. The number of nitrogens with one attached hydrogen (secondary N) is 1. The summed E-state index contributed by atoms with van der Waals surface area (Å²) in [6.45, 7) is 9.43. The molecule has 0 fully saturated rings. The summed E-state index contributed by atoms with van der Waals surface area (Å²) >= 11 is 0. The van der Waals surface area contributed by atoms with Crippen LogP contribution in [0.1, 0.15) is 40.2 Å². The van der Waals surface area contributed by atoms with Gasteiger partial charge in [0.15, 0.2) is 0 Å². The van der Waals surface area contributed by atoms with Crippen molar-refractivity contribution in [3.63, 3.8) is 0 Å². The third-order valence-corrected chi connectivity index (χ3v) is 3.11. The average Bonchev–Trinajstić information content (AvgIpc) is 2.41. The van der Waals surface area contributed by atoms with Crippen molar-refractivity contribution in [3.8, 4) is 0 Å². The summed E-state index contributed by atoms with van der Waals surface area (Å²) < 4.78 is 5.31. The van der Waals surface area contributed by atoms with E-state index in [0.717, 1.165) is 5.56 Å². The number of esters is 1. The number of ether oxygens (including phenoxy) is 1. The van der Waals surface area contributed by atoms with E-state index in [4.69, 9.17) is 4.74 Å². The Morgan fingerprint density at radius 3 is 2.19 bits per heavy atom. The minimum Gasteiger partial charge on any atom is -0.459 e. The van der Waals surface area contributed by atoms with E-state index in [1.165, 1.54) is 0 Å². The molecule has 0 saturated heterocycles. The number of hydrogen-bond donors (Lipinski definition) is 1. The molecule has 116 valence electrons. The molecule has 0 unspecified atom stereocenters. The standard InChI is InChI=1S/C17H25NO3/c1-12(2)14(18-16(20)17(3,4)5)15(19)21-11-13-9-7-6-8-10-13/h6-10,12,14H,11H2,1-5H3,(H,18,20)/t14-/m0/s1. The number of benzene rings is 1. The van der Waals surface area contributed by atoms with Gasteiger partial charge in [-0.25, -0.2) is 4.79 Å². The fourth-order valence-electron chi connectivity index (χ4n) is 1.67. The highest BCUT2D eigenvalue weighted by molar-refractivity contribution is 5.87. The second-order valence-corrected chi connectivity index (χ2v) is 6.54. The van der Waals surface area contributed by atoms with E-state index < -0.39 is 17.4 Å². The zero-order valence-corrected chi connectivity index (χ0v) is 13.5. The van der Waals surface area contributed by atoms with Crippen molar-refractivity contribution in [1.29, 1.82) is 0 Å². The molecule has 0 aromatic heterocycles. The fraction of sp³-hybridized carbons (Fsp3) is 0.529. The number of carbonyl (C=O) groups is 2. The molecule has 4 nitrogen and oxygen atoms in total. The second kappa shape index (κ2) is 7.25. The summed E-state index contributed by atoms with van der Waals surface area (Å²) in [4.78, 5) is 24.2. The van der Waals surface area contributed by atoms with E-state index in [9.17, 15) is 9.59 Å². The Bertz CT molecular complexity index is 475. The Morgan fingerprint density at radius 1 is 1.14 bits per heavy atom. The monoisotopic (exact) mass is 291 g/mol. The van der Waals surface area contributed by atoms with E-state index >= 15 is 0 Å². The Morgan fingerprint density at radius 2 is 1.71 bits per heavy atom. The van der Waals surface area contributed by atoms with Crippen LogP contribution in [0.15, 0.2) is 30.3 Å². The molecule has 0 aliphatic rings. The fourth-order valence-corrected chi connectivity index (χ4v) is 1.67. The quantitative estimate of drug-likeness (QED) is 0.849. The topological polar surface area (TPSA) is 55.4 Å². The number of hydrogen-bond acceptors (Lipinski definition) is 3. The lowest BCUT2D eigenvalue weighted by molar-refractivity contribution is -0.151. The van der Waals surface area contributed by atoms with Gasteiger partial charge in [0.2, 0.25) is 5.91 Å². The minimum atomic E-state index is -0.625. The highest BCUT2D eigenvalue weighted by Gasteiger charge is 2.30. The summed E-state index contributed by atoms with van der Waals surface area (Å²) in [5.74, 6) is -0.580. The molecule has 0 heterocycles. The molecule has 1 amide bonds. The van der Waals surface area contributed by atoms with E-state index in [1.807, 2.05) is 65.0 Å². The van der Waals surface area contributed by atoms with E-state index in [2.05, 4.69) is 5.32 Å². The first-order valence-corrected chi connectivity index (χ1v) is 7.23. The largest absolute Gasteiger partial charge is 0.459 e. The van der Waals surface area contributed by atoms with Crippen LogP contribution in [-0.4, -0.2) is 17.9 Å². The Balaban J connectivity index is 2.64. The molecule has 0 aliphatic carbocycles. The van der Waals surface area contributed by atoms with Crippen LogP contribution in [-0.2, 0) is 20.9 Å². The molecule has 0 spiro atoms. The predicted octanol–water partition coefficient (Wildman–Crippen LogP) is 2.92. The Hall–Kier alpha value is -1.84. The number of rotatable bonds is 5. The van der Waals surface area contributed by atoms with Gasteiger partial charge in [-0.1, -0.05) is 65.0 Å². The first-order chi connectivity index (χ1) is 9.71. The van der Waals surface area contributed by atoms with Gasteiger partial charge < -0.3 is 10.1 Å². The van der Waals surface area contributed by atoms with Crippen molar-refractivity contribution in [2.45, 2.75) is 47.3 Å². The van der Waals surface area contributed by atoms with Gasteiger partial charge in [-0.05, 0) is 11.5 Å². The lowest BCUT2D eigenvalue weighted by Crippen LogP contribution is -2.49. The molecular weight excluding hydrogens is 266 g/mol. The number of amides is 1. The van der Waals surface area contributed by atoms with Gasteiger partial charge >= 0.3 is 5.97 Å². The van der Waals surface area contributed by atoms with E-state index in [0.29, 0.717) is 0 Å². The van der Waals surface area contributed by atoms with Crippen molar-refractivity contribution in [1.82, 2.24) is 5.32 Å². The molecule has 0 saturated carbocycles. The van der Waals surface area contributed by atoms with Gasteiger partial charge in [0, 0.05) is 5.41 Å². The summed E-state index contributed by atoms with van der Waals surface area (Å²) in [5, 5.41) is 2.78. The molecule has 1 aromatic carbocycles. The van der Waals surface area contributed by atoms with Crippen LogP contribution in [0, 0.1) is 11.3 Å². The molecule has 1 N–H and O–H groups in total. The average molecular weight is 291 g/mol. The van der Waals surface area contributed by atoms with Crippen molar-refractivity contribution in [2.24, 2.45) is 11.3 Å². The van der Waals surface area contributed by atoms with Gasteiger partial charge in [0.05, 0.1) is 0 Å². The molecule has 1 rings (SSSR count). The highest BCUT2D eigenvalue weighted by atomic mass is 16.5. The zero-order valence-electron chi connectivity index (χ0n) is 13.5. The third-order valence-electron chi connectivity index (χ3n) is 3.11. The lowest BCUT2D eigenvalue weighted by Gasteiger charge is -2.25. The van der Waals surface area contributed by atoms with Crippen LogP contribution in [0.25, 0.3) is 0 Å². The Kier molecular flexibility index (Phi) is 5.94. The maximum absolute atomic E-state index is 12.2. The second-order valence-electron chi connectivity index (χ2n) is 6.54. The van der Waals surface area contributed by atoms with Gasteiger partial charge in [0.1, 0.15) is 12.6 Å². The van der Waals surface area contributed by atoms with Gasteiger partial charge in [-0.2, -0.15) is 0 Å². The van der Waals surface area contributed by atoms with Gasteiger partial charge in [-0.3, -0.25) is 4.79 Å². The van der Waals surface area contributed by atoms with Crippen molar-refractivity contribution < 1.29 is 14.3 Å². The molecule has 0 bridgehead atoms. The van der Waals surface area contributed by atoms with Gasteiger partial charge in [-0.15, -0.1) is 0 Å². The van der Waals surface area contributed by atoms with Crippen LogP contribution in [0.3, 0.4) is 0 Å². The van der Waals surface area contributed by atoms with Crippen molar-refractivity contribution in [2.75, 3.05) is 0 Å². The van der Waals surface area contributed by atoms with Crippen LogP contribution < -0.4 is 5.32 Å².